The number of nitrogen functional groups attached to an aromatic ring is 1. The molecule has 0 unspecified atom stereocenters. The standard InChI is InChI=1S/2C23H24N8O3.C13H16N6O3.C12H14N6O3.C11H13BrN2O3.C11H12N2O.CH4.Li.2H2O/c1-13-9-20(32)25-19-8-14(2)18(11-16(13)19)26-23(33)17-10-15(21-27-28-29-30(21)3)12-24-22(17)31-4-6-34-7-5-31;1-13-9-20(32)25-19-8-14(2)18(11-16(13)19)26-23(33)17-10-15(21-27-29-30(3)28-21)12-24-22(17)31-4-6-34-7-5-31;1-18-11(15-16-17-18)9-7-10(13(20)21-2)12(14-8-9)19-3-5-22-6-4-19;1-17-10(14-15-16-17)8-6-9(12(19)20)11(13-7-8)18-2-4-21-5-3-18;1-16-11(15)9-6-8(12)7-13-10(9)14-2-4-17-5-3-14;1-6-4-11(14)13-10-3-7(2)9(12)5-8(6)10;;;;/h2*8-12H,4-7H2,1-3H3,(H,25,32)(H,26,33);7-8H,3-6H2,1-2H3;6-7H,2-5H2,1H3,(H,19,20);6-7H,2-5H2,1H3;3-5H,12H2,1-2H3,(H,13,14);1H4;;2*1H2/q;;;;;;;+1;;/p-1. The number of tetrazole rings is 4. The molecule has 0 radical (unpaired) electrons. The molecule has 762 valence electrons. The third kappa shape index (κ3) is 26.4. The molecule has 5 aliphatic rings. The Morgan fingerprint density at radius 3 is 1.03 bits per heavy atom. The number of carbonyl (C=O) groups excluding carboxylic acids is 4. The van der Waals surface area contributed by atoms with Gasteiger partial charge in [0.05, 0.1) is 98.5 Å². The number of carboxylic acids is 1. The third-order valence-electron chi connectivity index (χ3n) is 23.5. The van der Waals surface area contributed by atoms with Gasteiger partial charge in [-0.05, 0) is 194 Å². The molecule has 50 nitrogen and oxygen atoms in total. The Bertz CT molecular complexity index is 7370. The molecule has 5 saturated heterocycles. The van der Waals surface area contributed by atoms with Gasteiger partial charge >= 0.3 is 36.8 Å². The molecule has 20 rings (SSSR count). The Morgan fingerprint density at radius 1 is 0.397 bits per heavy atom. The summed E-state index contributed by atoms with van der Waals surface area (Å²) in [6, 6.07) is 24.4. The molecule has 5 fully saturated rings. The van der Waals surface area contributed by atoms with E-state index in [1.54, 1.807) is 108 Å². The van der Waals surface area contributed by atoms with Crippen LogP contribution in [0, 0.1) is 41.5 Å². The number of aromatic amines is 3. The van der Waals surface area contributed by atoms with Crippen LogP contribution in [0.25, 0.3) is 78.3 Å². The van der Waals surface area contributed by atoms with E-state index in [2.05, 4.69) is 128 Å². The van der Waals surface area contributed by atoms with Crippen molar-refractivity contribution in [3.05, 3.63) is 213 Å². The summed E-state index contributed by atoms with van der Waals surface area (Å²) in [7, 11) is 9.54. The quantitative estimate of drug-likeness (QED) is 0.0415. The summed E-state index contributed by atoms with van der Waals surface area (Å²) in [6.07, 6.45) is 8.25. The van der Waals surface area contributed by atoms with Gasteiger partial charge in [0, 0.05) is 212 Å². The average molecular weight is 2060 g/mol. The van der Waals surface area contributed by atoms with Crippen molar-refractivity contribution >= 4 is 125 Å². The van der Waals surface area contributed by atoms with E-state index in [0.717, 1.165) is 89.3 Å². The summed E-state index contributed by atoms with van der Waals surface area (Å²) in [5.74, 6) is 2.32. The van der Waals surface area contributed by atoms with Gasteiger partial charge in [0.25, 0.3) is 11.8 Å². The number of morpholine rings is 5. The zero-order valence-corrected chi connectivity index (χ0v) is 83.3. The van der Waals surface area contributed by atoms with Crippen molar-refractivity contribution in [3.63, 3.8) is 0 Å². The molecule has 3 aromatic carbocycles. The second-order valence-electron chi connectivity index (χ2n) is 33.2. The Morgan fingerprint density at radius 2 is 0.699 bits per heavy atom. The largest absolute Gasteiger partial charge is 1.00 e. The predicted molar refractivity (Wildman–Crippen MR) is 540 cm³/mol. The molecule has 11 N–H and O–H groups in total. The molecule has 0 atom stereocenters. The van der Waals surface area contributed by atoms with Crippen LogP contribution >= 0.6 is 15.9 Å². The molecule has 0 saturated carbocycles. The maximum Gasteiger partial charge on any atom is 1.00 e. The van der Waals surface area contributed by atoms with Crippen LogP contribution in [0.15, 0.2) is 135 Å². The number of benzene rings is 3. The van der Waals surface area contributed by atoms with Crippen LogP contribution in [0.5, 0.6) is 0 Å². The van der Waals surface area contributed by atoms with Gasteiger partial charge in [0.15, 0.2) is 17.5 Å². The summed E-state index contributed by atoms with van der Waals surface area (Å²) in [5.41, 5.74) is 19.4. The summed E-state index contributed by atoms with van der Waals surface area (Å²) in [6.45, 7) is 23.9. The van der Waals surface area contributed by atoms with Gasteiger partial charge in [-0.3, -0.25) is 24.0 Å². The number of nitrogens with two attached hydrogens (primary N) is 1. The van der Waals surface area contributed by atoms with Crippen molar-refractivity contribution in [2.75, 3.05) is 187 Å². The normalized spacial score (nSPS) is 13.8. The number of esters is 2. The molecule has 52 heteroatoms. The van der Waals surface area contributed by atoms with Crippen molar-refractivity contribution < 1.29 is 92.1 Å². The fourth-order valence-corrected chi connectivity index (χ4v) is 16.5. The molecule has 0 spiro atoms. The van der Waals surface area contributed by atoms with Crippen LogP contribution in [0.2, 0.25) is 0 Å². The number of aryl methyl sites for hydroxylation is 10. The second-order valence-corrected chi connectivity index (χ2v) is 34.1. The number of carbonyl (C=O) groups is 5. The number of amides is 2. The summed E-state index contributed by atoms with van der Waals surface area (Å²) >= 11 is 3.30. The van der Waals surface area contributed by atoms with E-state index in [9.17, 15) is 43.5 Å². The monoisotopic (exact) mass is 2060 g/mol. The van der Waals surface area contributed by atoms with Gasteiger partial charge in [-0.25, -0.2) is 53.3 Å². The minimum Gasteiger partial charge on any atom is -0.870 e. The number of H-pyrrole nitrogens is 3. The van der Waals surface area contributed by atoms with Crippen LogP contribution in [-0.2, 0) is 61.3 Å². The molecule has 0 aliphatic carbocycles. The van der Waals surface area contributed by atoms with E-state index in [0.29, 0.717) is 227 Å². The average Bonchev–Trinajstić information content (AvgIpc) is 1.19. The van der Waals surface area contributed by atoms with E-state index in [1.807, 2.05) is 102 Å². The van der Waals surface area contributed by atoms with Gasteiger partial charge in [-0.1, -0.05) is 7.43 Å². The van der Waals surface area contributed by atoms with Gasteiger partial charge in [0.1, 0.15) is 45.8 Å². The number of fused-ring (bicyclic) bond motifs is 3. The van der Waals surface area contributed by atoms with E-state index in [4.69, 9.17) is 38.9 Å². The predicted octanol–water partition coefficient (Wildman–Crippen LogP) is 3.17. The first-order valence-electron chi connectivity index (χ1n) is 44.9. The summed E-state index contributed by atoms with van der Waals surface area (Å²) < 4.78 is 41.7. The number of methoxy groups -OCH3 is 2. The smallest absolute Gasteiger partial charge is 0.870 e. The first-order chi connectivity index (χ1) is 68.4. The molecule has 12 aromatic heterocycles. The SMILES string of the molecule is C.COC(=O)c1cc(-c2nnnn2C)cnc1N1CCOCC1.COC(=O)c1cc(Br)cnc1N1CCOCC1.Cc1cc2[nH]c(=O)cc(C)c2cc1N.Cc1cc2[nH]c(=O)cc(C)c2cc1NC(=O)c1cc(-c2nnn(C)n2)cnc1N1CCOCC1.Cc1cc2[nH]c(=O)cc(C)c2cc1NC(=O)c1cc(-c2nnnn2C)cnc1N1CCOCC1.Cn1nnnc1-c1cnc(N2CCOCC2)c(C(=O)O)c1.O.[Li+].[OH-]. The number of halogens is 1. The Labute approximate surface area is 854 Å². The van der Waals surface area contributed by atoms with Crippen LogP contribution in [0.4, 0.5) is 46.2 Å². The molecular formula is C94H110BrLiN32O18. The number of rotatable bonds is 16. The Hall–Kier alpha value is -15.7. The van der Waals surface area contributed by atoms with E-state index in [-0.39, 0.29) is 77.3 Å². The first kappa shape index (κ1) is 111. The molecule has 0 bridgehead atoms. The summed E-state index contributed by atoms with van der Waals surface area (Å²) in [4.78, 5) is 139. The number of nitrogens with one attached hydrogen (secondary N) is 5. The number of ether oxygens (including phenoxy) is 7. The molecule has 17 heterocycles. The number of hydrogen-bond donors (Lipinski definition) is 7. The maximum absolute atomic E-state index is 13.6. The zero-order chi connectivity index (χ0) is 101. The number of aromatic nitrogens is 24. The number of pyridine rings is 8. The van der Waals surface area contributed by atoms with Crippen molar-refractivity contribution in [2.24, 2.45) is 28.2 Å². The number of carboxylic acid groups (broad SMARTS) is 1. The molecular weight excluding hydrogens is 1950 g/mol. The van der Waals surface area contributed by atoms with Crippen molar-refractivity contribution in [2.45, 2.75) is 49.0 Å². The van der Waals surface area contributed by atoms with Gasteiger partial charge in [0.2, 0.25) is 22.5 Å². The molecule has 5 aliphatic heterocycles. The van der Waals surface area contributed by atoms with Gasteiger partial charge in [-0.15, -0.1) is 25.5 Å². The molecule has 2 amide bonds. The topological polar surface area (TPSA) is 635 Å². The minimum atomic E-state index is -1.03. The van der Waals surface area contributed by atoms with Crippen molar-refractivity contribution in [1.82, 2.24) is 121 Å². The van der Waals surface area contributed by atoms with Crippen molar-refractivity contribution in [3.8, 4) is 45.6 Å². The van der Waals surface area contributed by atoms with E-state index < -0.39 is 11.9 Å². The van der Waals surface area contributed by atoms with Gasteiger partial charge < -0.3 is 105 Å². The summed E-state index contributed by atoms with van der Waals surface area (Å²) in [5, 5.41) is 64.5. The number of hydrogen-bond acceptors (Lipinski definition) is 39. The van der Waals surface area contributed by atoms with Crippen molar-refractivity contribution in [1.29, 1.82) is 0 Å². The number of anilines is 8. The van der Waals surface area contributed by atoms with Crippen LogP contribution < -0.4 is 76.4 Å². The van der Waals surface area contributed by atoms with Crippen LogP contribution in [0.1, 0.15) is 92.6 Å². The number of aromatic carboxylic acids is 1. The Balaban J connectivity index is 0.000000170. The minimum absolute atomic E-state index is 0. The van der Waals surface area contributed by atoms with E-state index >= 15 is 0 Å². The Kier molecular flexibility index (Phi) is 38.2. The van der Waals surface area contributed by atoms with Crippen LogP contribution in [0.3, 0.4) is 0 Å². The second kappa shape index (κ2) is 50.5. The first-order valence-corrected chi connectivity index (χ1v) is 45.7. The third-order valence-corrected chi connectivity index (χ3v) is 23.9. The van der Waals surface area contributed by atoms with Crippen LogP contribution in [-0.4, -0.2) is 312 Å². The van der Waals surface area contributed by atoms with Gasteiger partial charge in [-0.2, -0.15) is 4.80 Å². The zero-order valence-electron chi connectivity index (χ0n) is 81.7. The van der Waals surface area contributed by atoms with E-state index in [1.165, 1.54) is 33.1 Å². The fourth-order valence-electron chi connectivity index (χ4n) is 16.1. The number of nitrogens with zero attached hydrogens (tertiary/aromatic N) is 26. The fraction of sp³-hybridized carbons (Fsp3) is 0.351. The molecule has 15 aromatic rings. The molecule has 146 heavy (non-hydrogen) atoms. The maximum atomic E-state index is 13.6.